The van der Waals surface area contributed by atoms with Crippen molar-refractivity contribution in [2.75, 3.05) is 13.2 Å². The van der Waals surface area contributed by atoms with Gasteiger partial charge in [-0.05, 0) is 12.8 Å². The Labute approximate surface area is 65.3 Å². The summed E-state index contributed by atoms with van der Waals surface area (Å²) in [6.45, 7) is 1.23. The van der Waals surface area contributed by atoms with Crippen molar-refractivity contribution < 1.29 is 14.6 Å². The molecule has 0 bridgehead atoms. The van der Waals surface area contributed by atoms with Crippen LogP contribution in [0.25, 0.3) is 0 Å². The van der Waals surface area contributed by atoms with E-state index in [2.05, 4.69) is 0 Å². The highest BCUT2D eigenvalue weighted by molar-refractivity contribution is 5.73. The van der Waals surface area contributed by atoms with Crippen molar-refractivity contribution >= 4 is 5.97 Å². The number of rotatable bonds is 2. The normalized spacial score (nSPS) is 27.9. The third-order valence-corrected chi connectivity index (χ3v) is 1.99. The number of carboxylic acids is 1. The number of hydrogen-bond acceptors (Lipinski definition) is 3. The minimum atomic E-state index is -0.930. The maximum Gasteiger partial charge on any atom is 0.320 e. The summed E-state index contributed by atoms with van der Waals surface area (Å²) in [6.07, 6.45) is 1.79. The van der Waals surface area contributed by atoms with Gasteiger partial charge in [0.15, 0.2) is 0 Å². The number of carboxylic acid groups (broad SMARTS) is 1. The van der Waals surface area contributed by atoms with Crippen molar-refractivity contribution in [3.63, 3.8) is 0 Å². The minimum absolute atomic E-state index is 0.00116. The zero-order valence-electron chi connectivity index (χ0n) is 6.32. The van der Waals surface area contributed by atoms with Gasteiger partial charge in [0.05, 0.1) is 6.61 Å². The van der Waals surface area contributed by atoms with E-state index in [9.17, 15) is 4.79 Å². The molecule has 0 aliphatic carbocycles. The lowest BCUT2D eigenvalue weighted by Gasteiger charge is -2.24. The molecular formula is C7H13NO3. The topological polar surface area (TPSA) is 72.6 Å². The fourth-order valence-electron chi connectivity index (χ4n) is 1.25. The molecule has 1 fully saturated rings. The highest BCUT2D eigenvalue weighted by Crippen LogP contribution is 2.15. The molecule has 4 nitrogen and oxygen atoms in total. The zero-order valence-corrected chi connectivity index (χ0v) is 6.32. The predicted molar refractivity (Wildman–Crippen MR) is 39.2 cm³/mol. The van der Waals surface area contributed by atoms with Crippen LogP contribution >= 0.6 is 0 Å². The van der Waals surface area contributed by atoms with Crippen LogP contribution in [0, 0.1) is 5.92 Å². The Morgan fingerprint density at radius 1 is 1.73 bits per heavy atom. The second-order valence-corrected chi connectivity index (χ2v) is 2.84. The minimum Gasteiger partial charge on any atom is -0.480 e. The smallest absolute Gasteiger partial charge is 0.320 e. The average molecular weight is 159 g/mol. The molecule has 0 aromatic rings. The molecule has 0 spiro atoms. The monoisotopic (exact) mass is 159 g/mol. The summed E-state index contributed by atoms with van der Waals surface area (Å²) < 4.78 is 5.11. The van der Waals surface area contributed by atoms with Crippen LogP contribution in [0.3, 0.4) is 0 Å². The molecule has 0 unspecified atom stereocenters. The van der Waals surface area contributed by atoms with Crippen LogP contribution in [0.15, 0.2) is 0 Å². The van der Waals surface area contributed by atoms with Crippen molar-refractivity contribution in [3.05, 3.63) is 0 Å². The standard InChI is InChI=1S/C7H13NO3/c8-6(7(9)10)5-2-1-3-11-4-5/h5-6H,1-4,8H2,(H,9,10)/t5-,6-/m0/s1. The lowest BCUT2D eigenvalue weighted by molar-refractivity contribution is -0.141. The highest BCUT2D eigenvalue weighted by atomic mass is 16.5. The van der Waals surface area contributed by atoms with E-state index < -0.39 is 12.0 Å². The van der Waals surface area contributed by atoms with Crippen LogP contribution in [0.5, 0.6) is 0 Å². The summed E-state index contributed by atoms with van der Waals surface area (Å²) in [4.78, 5) is 10.4. The van der Waals surface area contributed by atoms with Gasteiger partial charge < -0.3 is 15.6 Å². The van der Waals surface area contributed by atoms with Gasteiger partial charge >= 0.3 is 5.97 Å². The number of carbonyl (C=O) groups is 1. The molecule has 0 aromatic carbocycles. The molecular weight excluding hydrogens is 146 g/mol. The van der Waals surface area contributed by atoms with E-state index in [1.807, 2.05) is 0 Å². The van der Waals surface area contributed by atoms with E-state index in [0.717, 1.165) is 19.4 Å². The number of hydrogen-bond donors (Lipinski definition) is 2. The van der Waals surface area contributed by atoms with Crippen LogP contribution in [0.4, 0.5) is 0 Å². The van der Waals surface area contributed by atoms with Crippen molar-refractivity contribution in [3.8, 4) is 0 Å². The second-order valence-electron chi connectivity index (χ2n) is 2.84. The van der Waals surface area contributed by atoms with Gasteiger partial charge in [0, 0.05) is 12.5 Å². The average Bonchev–Trinajstić information content (AvgIpc) is 2.05. The molecule has 0 saturated carbocycles. The number of ether oxygens (including phenoxy) is 1. The van der Waals surface area contributed by atoms with E-state index >= 15 is 0 Å². The van der Waals surface area contributed by atoms with Gasteiger partial charge in [-0.15, -0.1) is 0 Å². The Balaban J connectivity index is 2.38. The van der Waals surface area contributed by atoms with Crippen LogP contribution in [-0.4, -0.2) is 30.3 Å². The van der Waals surface area contributed by atoms with Crippen LogP contribution in [0.2, 0.25) is 0 Å². The molecule has 4 heteroatoms. The quantitative estimate of drug-likeness (QED) is 0.586. The van der Waals surface area contributed by atoms with Gasteiger partial charge in [0.25, 0.3) is 0 Å². The SMILES string of the molecule is N[C@H](C(=O)O)[C@H]1CCCOC1. The Morgan fingerprint density at radius 3 is 2.91 bits per heavy atom. The van der Waals surface area contributed by atoms with Gasteiger partial charge in [0.2, 0.25) is 0 Å². The molecule has 0 amide bonds. The zero-order chi connectivity index (χ0) is 8.27. The summed E-state index contributed by atoms with van der Waals surface area (Å²) in [6, 6.07) is -0.754. The van der Waals surface area contributed by atoms with Crippen LogP contribution in [0.1, 0.15) is 12.8 Å². The maximum absolute atomic E-state index is 10.4. The second kappa shape index (κ2) is 3.69. The summed E-state index contributed by atoms with van der Waals surface area (Å²) in [5, 5.41) is 8.55. The Bertz CT molecular complexity index is 143. The Morgan fingerprint density at radius 2 is 2.45 bits per heavy atom. The first kappa shape index (κ1) is 8.49. The predicted octanol–water partition coefficient (Wildman–Crippen LogP) is -0.175. The molecule has 1 saturated heterocycles. The molecule has 11 heavy (non-hydrogen) atoms. The van der Waals surface area contributed by atoms with Gasteiger partial charge in [0.1, 0.15) is 6.04 Å². The molecule has 64 valence electrons. The Hall–Kier alpha value is -0.610. The van der Waals surface area contributed by atoms with Crippen LogP contribution < -0.4 is 5.73 Å². The molecule has 1 aliphatic heterocycles. The van der Waals surface area contributed by atoms with E-state index in [1.165, 1.54) is 0 Å². The van der Waals surface area contributed by atoms with Gasteiger partial charge in [-0.3, -0.25) is 4.79 Å². The van der Waals surface area contributed by atoms with Crippen molar-refractivity contribution in [2.45, 2.75) is 18.9 Å². The number of nitrogens with two attached hydrogens (primary N) is 1. The van der Waals surface area contributed by atoms with E-state index in [1.54, 1.807) is 0 Å². The molecule has 2 atom stereocenters. The van der Waals surface area contributed by atoms with Crippen LogP contribution in [-0.2, 0) is 9.53 Å². The lowest BCUT2D eigenvalue weighted by Crippen LogP contribution is -2.41. The molecule has 1 heterocycles. The van der Waals surface area contributed by atoms with Crippen molar-refractivity contribution in [1.82, 2.24) is 0 Å². The first-order valence-electron chi connectivity index (χ1n) is 3.78. The third-order valence-electron chi connectivity index (χ3n) is 1.99. The third kappa shape index (κ3) is 2.17. The molecule has 1 aliphatic rings. The first-order chi connectivity index (χ1) is 5.22. The fourth-order valence-corrected chi connectivity index (χ4v) is 1.25. The Kier molecular flexibility index (Phi) is 2.84. The van der Waals surface area contributed by atoms with Crippen molar-refractivity contribution in [1.29, 1.82) is 0 Å². The van der Waals surface area contributed by atoms with Gasteiger partial charge in [-0.1, -0.05) is 0 Å². The van der Waals surface area contributed by atoms with E-state index in [-0.39, 0.29) is 5.92 Å². The highest BCUT2D eigenvalue weighted by Gasteiger charge is 2.25. The van der Waals surface area contributed by atoms with Gasteiger partial charge in [-0.25, -0.2) is 0 Å². The molecule has 0 radical (unpaired) electrons. The van der Waals surface area contributed by atoms with Crippen molar-refractivity contribution in [2.24, 2.45) is 11.7 Å². The summed E-state index contributed by atoms with van der Waals surface area (Å²) >= 11 is 0. The summed E-state index contributed by atoms with van der Waals surface area (Å²) in [5.41, 5.74) is 5.41. The molecule has 0 aromatic heterocycles. The van der Waals surface area contributed by atoms with E-state index in [4.69, 9.17) is 15.6 Å². The summed E-state index contributed by atoms with van der Waals surface area (Å²) in [7, 11) is 0. The maximum atomic E-state index is 10.4. The lowest BCUT2D eigenvalue weighted by atomic mass is 9.95. The van der Waals surface area contributed by atoms with Gasteiger partial charge in [-0.2, -0.15) is 0 Å². The largest absolute Gasteiger partial charge is 0.480 e. The molecule has 3 N–H and O–H groups in total. The van der Waals surface area contributed by atoms with E-state index in [0.29, 0.717) is 6.61 Å². The summed E-state index contributed by atoms with van der Waals surface area (Å²) in [5.74, 6) is -0.929. The fraction of sp³-hybridized carbons (Fsp3) is 0.857. The number of aliphatic carboxylic acids is 1. The molecule has 1 rings (SSSR count). The first-order valence-corrected chi connectivity index (χ1v) is 3.78.